The van der Waals surface area contributed by atoms with Crippen LogP contribution in [0.1, 0.15) is 0 Å². The molecule has 262 valence electrons. The molecule has 56 heavy (non-hydrogen) atoms. The minimum Gasteiger partial charge on any atom is -0.310 e. The van der Waals surface area contributed by atoms with Gasteiger partial charge < -0.3 is 9.80 Å². The normalized spacial score (nSPS) is 11.6. The van der Waals surface area contributed by atoms with Gasteiger partial charge in [0.1, 0.15) is 0 Å². The highest BCUT2D eigenvalue weighted by Gasteiger charge is 2.20. The number of hydrogen-bond donors (Lipinski definition) is 0. The highest BCUT2D eigenvalue weighted by Crippen LogP contribution is 2.45. The Morgan fingerprint density at radius 2 is 0.518 bits per heavy atom. The number of nitrogens with zero attached hydrogens (tertiary/aromatic N) is 2. The van der Waals surface area contributed by atoms with Crippen LogP contribution in [0.5, 0.6) is 0 Å². The van der Waals surface area contributed by atoms with E-state index in [1.807, 2.05) is 0 Å². The second-order valence-corrected chi connectivity index (χ2v) is 14.6. The van der Waals surface area contributed by atoms with E-state index in [0.29, 0.717) is 0 Å². The van der Waals surface area contributed by atoms with Gasteiger partial charge in [0.05, 0.1) is 5.69 Å². The smallest absolute Gasteiger partial charge is 0.0546 e. The van der Waals surface area contributed by atoms with Crippen LogP contribution in [0.3, 0.4) is 0 Å². The fourth-order valence-electron chi connectivity index (χ4n) is 8.53. The Balaban J connectivity index is 1.13. The van der Waals surface area contributed by atoms with Gasteiger partial charge in [-0.1, -0.05) is 152 Å². The first-order valence-electron chi connectivity index (χ1n) is 19.2. The first-order valence-corrected chi connectivity index (χ1v) is 19.2. The van der Waals surface area contributed by atoms with Crippen molar-refractivity contribution >= 4 is 98.8 Å². The van der Waals surface area contributed by atoms with Crippen LogP contribution in [-0.2, 0) is 0 Å². The minimum atomic E-state index is 1.11. The number of anilines is 6. The summed E-state index contributed by atoms with van der Waals surface area (Å²) in [6.45, 7) is 0. The fraction of sp³-hybridized carbons (Fsp3) is 0. The van der Waals surface area contributed by atoms with Gasteiger partial charge in [-0.2, -0.15) is 0 Å². The average Bonchev–Trinajstić information content (AvgIpc) is 3.26. The molecule has 2 nitrogen and oxygen atoms in total. The van der Waals surface area contributed by atoms with Gasteiger partial charge in [-0.25, -0.2) is 0 Å². The Morgan fingerprint density at radius 1 is 0.196 bits per heavy atom. The maximum absolute atomic E-state index is 2.44. The van der Waals surface area contributed by atoms with Gasteiger partial charge in [-0.3, -0.25) is 0 Å². The summed E-state index contributed by atoms with van der Waals surface area (Å²) in [5.74, 6) is 0. The van der Waals surface area contributed by atoms with Crippen LogP contribution < -0.4 is 9.80 Å². The van der Waals surface area contributed by atoms with E-state index in [2.05, 4.69) is 228 Å². The van der Waals surface area contributed by atoms with E-state index in [1.165, 1.54) is 64.6 Å². The van der Waals surface area contributed by atoms with Gasteiger partial charge >= 0.3 is 0 Å². The molecule has 0 fully saturated rings. The molecule has 0 aliphatic carbocycles. The number of benzene rings is 11. The van der Waals surface area contributed by atoms with Crippen LogP contribution in [0, 0.1) is 0 Å². The summed E-state index contributed by atoms with van der Waals surface area (Å²) in [5, 5.41) is 14.6. The SMILES string of the molecule is c1ccc2cc(N(c3ccc4ccccc4c3)c3ccc4cc(N(c5ccc6ccccc6c5)c5ccc6ccccc6c5)c5ccccc5c4c3)ccc2c1. The maximum atomic E-state index is 2.44. The minimum absolute atomic E-state index is 1.11. The second-order valence-electron chi connectivity index (χ2n) is 14.6. The summed E-state index contributed by atoms with van der Waals surface area (Å²) in [6, 6.07) is 79.8. The third-order valence-electron chi connectivity index (χ3n) is 11.3. The van der Waals surface area contributed by atoms with E-state index in [0.717, 1.165) is 34.1 Å². The average molecular weight is 713 g/mol. The molecule has 0 atom stereocenters. The van der Waals surface area contributed by atoms with Crippen molar-refractivity contribution in [3.63, 3.8) is 0 Å². The highest BCUT2D eigenvalue weighted by molar-refractivity contribution is 6.16. The lowest BCUT2D eigenvalue weighted by atomic mass is 9.97. The molecule has 0 spiro atoms. The molecule has 0 aliphatic heterocycles. The van der Waals surface area contributed by atoms with Crippen molar-refractivity contribution in [2.24, 2.45) is 0 Å². The predicted octanol–water partition coefficient (Wildman–Crippen LogP) is 15.5. The van der Waals surface area contributed by atoms with Crippen LogP contribution in [0.2, 0.25) is 0 Å². The second kappa shape index (κ2) is 13.2. The molecule has 0 radical (unpaired) electrons. The molecule has 11 aromatic carbocycles. The summed E-state index contributed by atoms with van der Waals surface area (Å²) < 4.78 is 0. The molecule has 2 heteroatoms. The molecule has 0 N–H and O–H groups in total. The van der Waals surface area contributed by atoms with Crippen molar-refractivity contribution in [1.29, 1.82) is 0 Å². The molecule has 11 rings (SSSR count). The molecule has 0 heterocycles. The highest BCUT2D eigenvalue weighted by atomic mass is 15.1. The third-order valence-corrected chi connectivity index (χ3v) is 11.3. The number of rotatable bonds is 6. The Hall–Kier alpha value is -7.42. The van der Waals surface area contributed by atoms with Gasteiger partial charge in [0, 0.05) is 33.8 Å². The van der Waals surface area contributed by atoms with Crippen LogP contribution in [0.15, 0.2) is 218 Å². The topological polar surface area (TPSA) is 6.48 Å². The largest absolute Gasteiger partial charge is 0.310 e. The van der Waals surface area contributed by atoms with Crippen molar-refractivity contribution in [1.82, 2.24) is 0 Å². The van der Waals surface area contributed by atoms with Crippen molar-refractivity contribution in [2.45, 2.75) is 0 Å². The lowest BCUT2D eigenvalue weighted by molar-refractivity contribution is 1.30. The van der Waals surface area contributed by atoms with E-state index in [-0.39, 0.29) is 0 Å². The third kappa shape index (κ3) is 5.51. The van der Waals surface area contributed by atoms with Crippen LogP contribution in [0.4, 0.5) is 34.1 Å². The van der Waals surface area contributed by atoms with Crippen LogP contribution in [0.25, 0.3) is 64.6 Å². The molecule has 11 aromatic rings. The first kappa shape index (κ1) is 32.0. The van der Waals surface area contributed by atoms with E-state index in [1.54, 1.807) is 0 Å². The standard InChI is InChI=1S/C54H36N2/c1-5-15-41-31-46(26-21-37(41)11-1)55(47-27-22-38-12-2-6-16-42(38)32-47)50-30-25-45-35-54(52-20-10-9-19-51(52)53(45)36-50)56(48-28-23-39-13-3-7-17-43(39)33-48)49-29-24-40-14-4-8-18-44(40)34-49/h1-36H. The molecule has 0 saturated carbocycles. The Kier molecular flexibility index (Phi) is 7.53. The lowest BCUT2D eigenvalue weighted by Gasteiger charge is -2.29. The van der Waals surface area contributed by atoms with Crippen molar-refractivity contribution < 1.29 is 0 Å². The summed E-state index contributed by atoms with van der Waals surface area (Å²) >= 11 is 0. The van der Waals surface area contributed by atoms with Crippen LogP contribution >= 0.6 is 0 Å². The number of hydrogen-bond acceptors (Lipinski definition) is 2. The monoisotopic (exact) mass is 712 g/mol. The van der Waals surface area contributed by atoms with Crippen molar-refractivity contribution in [2.75, 3.05) is 9.80 Å². The summed E-state index contributed by atoms with van der Waals surface area (Å²) in [5.41, 5.74) is 6.75. The summed E-state index contributed by atoms with van der Waals surface area (Å²) in [6.07, 6.45) is 0. The van der Waals surface area contributed by atoms with Gasteiger partial charge in [0.2, 0.25) is 0 Å². The zero-order chi connectivity index (χ0) is 37.0. The first-order chi connectivity index (χ1) is 27.7. The molecular weight excluding hydrogens is 677 g/mol. The molecule has 0 aromatic heterocycles. The van der Waals surface area contributed by atoms with Gasteiger partial charge in [0.25, 0.3) is 0 Å². The predicted molar refractivity (Wildman–Crippen MR) is 241 cm³/mol. The van der Waals surface area contributed by atoms with Gasteiger partial charge in [-0.15, -0.1) is 0 Å². The molecule has 0 amide bonds. The van der Waals surface area contributed by atoms with E-state index in [9.17, 15) is 0 Å². The molecule has 0 bridgehead atoms. The van der Waals surface area contributed by atoms with E-state index < -0.39 is 0 Å². The zero-order valence-electron chi connectivity index (χ0n) is 30.7. The van der Waals surface area contributed by atoms with Crippen LogP contribution in [-0.4, -0.2) is 0 Å². The Morgan fingerprint density at radius 3 is 0.946 bits per heavy atom. The van der Waals surface area contributed by atoms with E-state index >= 15 is 0 Å². The fourth-order valence-corrected chi connectivity index (χ4v) is 8.53. The maximum Gasteiger partial charge on any atom is 0.0546 e. The number of fused-ring (bicyclic) bond motifs is 7. The molecule has 0 aliphatic rings. The molecular formula is C54H36N2. The van der Waals surface area contributed by atoms with Crippen molar-refractivity contribution in [3.8, 4) is 0 Å². The van der Waals surface area contributed by atoms with E-state index in [4.69, 9.17) is 0 Å². The van der Waals surface area contributed by atoms with Gasteiger partial charge in [-0.05, 0) is 126 Å². The summed E-state index contributed by atoms with van der Waals surface area (Å²) in [7, 11) is 0. The summed E-state index contributed by atoms with van der Waals surface area (Å²) in [4.78, 5) is 4.84. The lowest BCUT2D eigenvalue weighted by Crippen LogP contribution is -2.11. The van der Waals surface area contributed by atoms with Crippen molar-refractivity contribution in [3.05, 3.63) is 218 Å². The Bertz CT molecular complexity index is 3130. The molecule has 0 unspecified atom stereocenters. The quantitative estimate of drug-likeness (QED) is 0.158. The Labute approximate surface area is 325 Å². The van der Waals surface area contributed by atoms with Gasteiger partial charge in [0.15, 0.2) is 0 Å². The molecule has 0 saturated heterocycles. The zero-order valence-corrected chi connectivity index (χ0v) is 30.7.